The minimum absolute atomic E-state index is 0.240. The summed E-state index contributed by atoms with van der Waals surface area (Å²) < 4.78 is 22.9. The molecular formula is C48H94NO12P. The largest absolute Gasteiger partial charge is 0.472 e. The van der Waals surface area contributed by atoms with Gasteiger partial charge in [0.2, 0.25) is 5.91 Å². The molecule has 0 radical (unpaired) electrons. The SMILES string of the molecule is CCCCCCCC/C=C\CCCC(O)CC(=O)NC(COP(=O)(O)OC1C(O)C(O)C(O)C(O)C1O)C(O)CCCCCCCCCCCCCCCCCCCCCCC. The van der Waals surface area contributed by atoms with E-state index in [2.05, 4.69) is 31.3 Å². The predicted molar refractivity (Wildman–Crippen MR) is 247 cm³/mol. The number of aliphatic hydroxyl groups excluding tert-OH is 7. The molecule has 0 spiro atoms. The van der Waals surface area contributed by atoms with Crippen LogP contribution in [0.2, 0.25) is 0 Å². The Hall–Kier alpha value is -0.960. The van der Waals surface area contributed by atoms with Crippen molar-refractivity contribution in [1.29, 1.82) is 0 Å². The average Bonchev–Trinajstić information content (AvgIpc) is 3.24. The molecule has 1 saturated carbocycles. The van der Waals surface area contributed by atoms with Crippen LogP contribution in [-0.4, -0.2) is 108 Å². The van der Waals surface area contributed by atoms with E-state index in [1.165, 1.54) is 135 Å². The van der Waals surface area contributed by atoms with Gasteiger partial charge >= 0.3 is 7.82 Å². The number of nitrogens with one attached hydrogen (secondary N) is 1. The summed E-state index contributed by atoms with van der Waals surface area (Å²) in [5, 5.41) is 74.7. The van der Waals surface area contributed by atoms with E-state index in [1.807, 2.05) is 0 Å². The van der Waals surface area contributed by atoms with E-state index < -0.39 is 75.2 Å². The normalized spacial score (nSPS) is 23.1. The first-order valence-electron chi connectivity index (χ1n) is 25.2. The first-order chi connectivity index (χ1) is 29.8. The summed E-state index contributed by atoms with van der Waals surface area (Å²) in [5.74, 6) is -0.574. The first kappa shape index (κ1) is 59.1. The zero-order chi connectivity index (χ0) is 45.9. The smallest absolute Gasteiger partial charge is 0.393 e. The van der Waals surface area contributed by atoms with Gasteiger partial charge in [0.25, 0.3) is 0 Å². The van der Waals surface area contributed by atoms with E-state index in [0.717, 1.165) is 44.9 Å². The van der Waals surface area contributed by atoms with Crippen LogP contribution in [0.15, 0.2) is 12.2 Å². The molecule has 14 heteroatoms. The molecule has 0 aromatic rings. The van der Waals surface area contributed by atoms with Crippen LogP contribution in [0.25, 0.3) is 0 Å². The Labute approximate surface area is 376 Å². The van der Waals surface area contributed by atoms with Crippen LogP contribution in [0.5, 0.6) is 0 Å². The summed E-state index contributed by atoms with van der Waals surface area (Å²) in [5.41, 5.74) is 0. The fourth-order valence-corrected chi connectivity index (χ4v) is 9.21. The predicted octanol–water partition coefficient (Wildman–Crippen LogP) is 8.98. The average molecular weight is 908 g/mol. The lowest BCUT2D eigenvalue weighted by Gasteiger charge is -2.41. The number of carbonyl (C=O) groups is 1. The summed E-state index contributed by atoms with van der Waals surface area (Å²) in [6.07, 6.45) is 27.0. The van der Waals surface area contributed by atoms with Crippen molar-refractivity contribution < 1.29 is 59.0 Å². The zero-order valence-corrected chi connectivity index (χ0v) is 39.9. The van der Waals surface area contributed by atoms with Gasteiger partial charge in [0.15, 0.2) is 0 Å². The quantitative estimate of drug-likeness (QED) is 0.0159. The summed E-state index contributed by atoms with van der Waals surface area (Å²) >= 11 is 0. The molecule has 1 aliphatic carbocycles. The fourth-order valence-electron chi connectivity index (χ4n) is 8.25. The second-order valence-electron chi connectivity index (χ2n) is 18.2. The third kappa shape index (κ3) is 29.5. The second-order valence-corrected chi connectivity index (χ2v) is 19.6. The van der Waals surface area contributed by atoms with Crippen molar-refractivity contribution in [3.05, 3.63) is 12.2 Å². The maximum absolute atomic E-state index is 13.0. The van der Waals surface area contributed by atoms with Crippen LogP contribution in [0, 0.1) is 0 Å². The van der Waals surface area contributed by atoms with Gasteiger partial charge in [-0.3, -0.25) is 13.8 Å². The molecular weight excluding hydrogens is 813 g/mol. The number of allylic oxidation sites excluding steroid dienone is 2. The topological polar surface area (TPSA) is 226 Å². The Morgan fingerprint density at radius 2 is 0.919 bits per heavy atom. The molecule has 1 amide bonds. The third-order valence-electron chi connectivity index (χ3n) is 12.4. The maximum Gasteiger partial charge on any atom is 0.472 e. The standard InChI is InChI=1S/C48H94NO12P/c1-3-5-7-9-11-13-15-16-17-18-19-20-21-22-23-24-26-28-30-32-34-36-41(51)40(38-60-62(58,59)61-48-46(56)44(54)43(53)45(55)47(48)57)49-42(52)37-39(50)35-33-31-29-27-25-14-12-10-8-6-4-2/h27,29,39-41,43-48,50-51,53-57H,3-26,28,30-38H2,1-2H3,(H,49,52)(H,58,59)/b29-27-. The highest BCUT2D eigenvalue weighted by Gasteiger charge is 2.51. The molecule has 0 aliphatic heterocycles. The Kier molecular flexibility index (Phi) is 36.4. The third-order valence-corrected chi connectivity index (χ3v) is 13.4. The van der Waals surface area contributed by atoms with Gasteiger partial charge in [0.1, 0.15) is 36.6 Å². The molecule has 62 heavy (non-hydrogen) atoms. The monoisotopic (exact) mass is 908 g/mol. The van der Waals surface area contributed by atoms with Gasteiger partial charge in [-0.05, 0) is 38.5 Å². The zero-order valence-electron chi connectivity index (χ0n) is 39.1. The van der Waals surface area contributed by atoms with Gasteiger partial charge in [0.05, 0.1) is 31.3 Å². The molecule has 1 aliphatic rings. The molecule has 9 N–H and O–H groups in total. The van der Waals surface area contributed by atoms with Gasteiger partial charge in [-0.2, -0.15) is 0 Å². The van der Waals surface area contributed by atoms with Gasteiger partial charge in [-0.25, -0.2) is 4.57 Å². The number of phosphoric ester groups is 1. The fraction of sp³-hybridized carbons (Fsp3) is 0.938. The van der Waals surface area contributed by atoms with E-state index in [0.29, 0.717) is 19.3 Å². The molecule has 8 atom stereocenters. The lowest BCUT2D eigenvalue weighted by molar-refractivity contribution is -0.220. The molecule has 0 saturated heterocycles. The summed E-state index contributed by atoms with van der Waals surface area (Å²) in [6, 6.07) is -1.16. The van der Waals surface area contributed by atoms with Gasteiger partial charge < -0.3 is 46.0 Å². The number of aliphatic hydroxyl groups is 7. The van der Waals surface area contributed by atoms with Crippen LogP contribution >= 0.6 is 7.82 Å². The van der Waals surface area contributed by atoms with Crippen LogP contribution in [0.1, 0.15) is 226 Å². The number of unbranched alkanes of at least 4 members (excludes halogenated alkanes) is 27. The summed E-state index contributed by atoms with van der Waals surface area (Å²) in [7, 11) is -5.12. The molecule has 368 valence electrons. The van der Waals surface area contributed by atoms with Crippen molar-refractivity contribution >= 4 is 13.7 Å². The molecule has 0 aromatic carbocycles. The van der Waals surface area contributed by atoms with Crippen LogP contribution in [0.4, 0.5) is 0 Å². The summed E-state index contributed by atoms with van der Waals surface area (Å²) in [6.45, 7) is 3.78. The van der Waals surface area contributed by atoms with Crippen LogP contribution in [0.3, 0.4) is 0 Å². The molecule has 1 fully saturated rings. The van der Waals surface area contributed by atoms with E-state index in [4.69, 9.17) is 9.05 Å². The number of carbonyl (C=O) groups excluding carboxylic acids is 1. The van der Waals surface area contributed by atoms with E-state index >= 15 is 0 Å². The van der Waals surface area contributed by atoms with E-state index in [1.54, 1.807) is 0 Å². The van der Waals surface area contributed by atoms with E-state index in [-0.39, 0.29) is 12.8 Å². The molecule has 13 nitrogen and oxygen atoms in total. The molecule has 0 aromatic heterocycles. The second kappa shape index (κ2) is 38.2. The van der Waals surface area contributed by atoms with Crippen molar-refractivity contribution in [3.63, 3.8) is 0 Å². The Balaban J connectivity index is 2.45. The lowest BCUT2D eigenvalue weighted by Crippen LogP contribution is -2.64. The highest BCUT2D eigenvalue weighted by atomic mass is 31.2. The summed E-state index contributed by atoms with van der Waals surface area (Å²) in [4.78, 5) is 23.5. The van der Waals surface area contributed by atoms with Crippen molar-refractivity contribution in [1.82, 2.24) is 5.32 Å². The van der Waals surface area contributed by atoms with Crippen molar-refractivity contribution in [2.75, 3.05) is 6.61 Å². The molecule has 0 heterocycles. The van der Waals surface area contributed by atoms with Crippen molar-refractivity contribution in [2.45, 2.75) is 281 Å². The highest BCUT2D eigenvalue weighted by Crippen LogP contribution is 2.47. The number of rotatable bonds is 42. The number of hydrogen-bond acceptors (Lipinski definition) is 11. The van der Waals surface area contributed by atoms with Gasteiger partial charge in [-0.15, -0.1) is 0 Å². The number of hydrogen-bond donors (Lipinski definition) is 9. The Morgan fingerprint density at radius 3 is 1.35 bits per heavy atom. The van der Waals surface area contributed by atoms with Crippen LogP contribution in [-0.2, 0) is 18.4 Å². The van der Waals surface area contributed by atoms with E-state index in [9.17, 15) is 50.0 Å². The molecule has 8 unspecified atom stereocenters. The number of amides is 1. The lowest BCUT2D eigenvalue weighted by atomic mass is 9.85. The Morgan fingerprint density at radius 1 is 0.548 bits per heavy atom. The minimum Gasteiger partial charge on any atom is -0.393 e. The molecule has 0 bridgehead atoms. The number of phosphoric acid groups is 1. The van der Waals surface area contributed by atoms with Crippen LogP contribution < -0.4 is 5.32 Å². The van der Waals surface area contributed by atoms with Crippen molar-refractivity contribution in [3.8, 4) is 0 Å². The maximum atomic E-state index is 13.0. The van der Waals surface area contributed by atoms with Crippen molar-refractivity contribution in [2.24, 2.45) is 0 Å². The van der Waals surface area contributed by atoms with Gasteiger partial charge in [0, 0.05) is 0 Å². The highest BCUT2D eigenvalue weighted by molar-refractivity contribution is 7.47. The minimum atomic E-state index is -5.12. The first-order valence-corrected chi connectivity index (χ1v) is 26.7. The Bertz CT molecular complexity index is 1120. The van der Waals surface area contributed by atoms with Gasteiger partial charge in [-0.1, -0.05) is 193 Å². The molecule has 1 rings (SSSR count).